The van der Waals surface area contributed by atoms with Crippen LogP contribution in [0.15, 0.2) is 42.5 Å². The van der Waals surface area contributed by atoms with E-state index < -0.39 is 47.4 Å². The maximum atomic E-state index is 13.7. The van der Waals surface area contributed by atoms with Gasteiger partial charge in [0.1, 0.15) is 29.9 Å². The monoisotopic (exact) mass is 608 g/mol. The first-order valence-corrected chi connectivity index (χ1v) is 14.0. The first kappa shape index (κ1) is 32.2. The van der Waals surface area contributed by atoms with Crippen molar-refractivity contribution in [2.24, 2.45) is 5.41 Å². The molecule has 222 valence electrons. The van der Waals surface area contributed by atoms with Crippen molar-refractivity contribution in [3.63, 3.8) is 0 Å². The van der Waals surface area contributed by atoms with Crippen LogP contribution in [0, 0.1) is 5.41 Å². The number of hydrogen-bond donors (Lipinski definition) is 3. The van der Waals surface area contributed by atoms with Crippen LogP contribution in [0.1, 0.15) is 44.2 Å². The predicted molar refractivity (Wildman–Crippen MR) is 152 cm³/mol. The highest BCUT2D eigenvalue weighted by atomic mass is 35.5. The van der Waals surface area contributed by atoms with Crippen molar-refractivity contribution in [2.75, 3.05) is 13.7 Å². The smallest absolute Gasteiger partial charge is 0.328 e. The number of carbonyl (C=O) groups is 4. The average Bonchev–Trinajstić information content (AvgIpc) is 3.35. The van der Waals surface area contributed by atoms with Crippen molar-refractivity contribution >= 4 is 47.0 Å². The number of nitrogens with zero attached hydrogens (tertiary/aromatic N) is 1. The molecule has 0 unspecified atom stereocenters. The summed E-state index contributed by atoms with van der Waals surface area (Å²) in [6, 6.07) is 9.47. The molecule has 2 amide bonds. The molecule has 1 saturated heterocycles. The normalized spacial score (nSPS) is 17.6. The number of halogens is 2. The number of amides is 2. The van der Waals surface area contributed by atoms with Gasteiger partial charge in [0.15, 0.2) is 0 Å². The molecule has 1 fully saturated rings. The Balaban J connectivity index is 1.72. The van der Waals surface area contributed by atoms with Crippen LogP contribution in [0.5, 0.6) is 5.75 Å². The van der Waals surface area contributed by atoms with Crippen molar-refractivity contribution in [1.29, 1.82) is 0 Å². The molecule has 0 spiro atoms. The van der Waals surface area contributed by atoms with Gasteiger partial charge in [0.25, 0.3) is 0 Å². The van der Waals surface area contributed by atoms with Crippen molar-refractivity contribution < 1.29 is 38.9 Å². The Kier molecular flexibility index (Phi) is 11.0. The Morgan fingerprint density at radius 3 is 2.22 bits per heavy atom. The number of likely N-dealkylation sites (tertiary alicyclic amines) is 1. The predicted octanol–water partition coefficient (Wildman–Crippen LogP) is 3.63. The van der Waals surface area contributed by atoms with Gasteiger partial charge in [0, 0.05) is 35.0 Å². The highest BCUT2D eigenvalue weighted by molar-refractivity contribution is 6.35. The number of carbonyl (C=O) groups excluding carboxylic acids is 3. The lowest BCUT2D eigenvalue weighted by atomic mass is 9.79. The number of nitrogens with one attached hydrogen (secondary N) is 1. The minimum Gasteiger partial charge on any atom is -0.489 e. The number of methoxy groups -OCH3 is 1. The SMILES string of the molecule is CCC(CC)(C(=O)N[C@@H](Cc1ccc(OCc2c(Cl)cccc2Cl)cc1)C(=O)O)C(=O)N1C[C@H](O)C[C@@H]1C(=O)OC. The fourth-order valence-corrected chi connectivity index (χ4v) is 5.43. The van der Waals surface area contributed by atoms with Gasteiger partial charge in [-0.3, -0.25) is 9.59 Å². The summed E-state index contributed by atoms with van der Waals surface area (Å²) in [5.41, 5.74) is -0.388. The van der Waals surface area contributed by atoms with Crippen LogP contribution >= 0.6 is 23.2 Å². The van der Waals surface area contributed by atoms with Crippen molar-refractivity contribution in [3.8, 4) is 5.75 Å². The summed E-state index contributed by atoms with van der Waals surface area (Å²) in [5, 5.41) is 23.5. The molecule has 1 aliphatic heterocycles. The van der Waals surface area contributed by atoms with Crippen molar-refractivity contribution in [2.45, 2.75) is 64.3 Å². The molecule has 3 N–H and O–H groups in total. The minimum atomic E-state index is -1.64. The lowest BCUT2D eigenvalue weighted by molar-refractivity contribution is -0.160. The van der Waals surface area contributed by atoms with Gasteiger partial charge in [-0.05, 0) is 42.7 Å². The summed E-state index contributed by atoms with van der Waals surface area (Å²) in [6.07, 6.45) is -0.891. The van der Waals surface area contributed by atoms with E-state index in [2.05, 4.69) is 5.32 Å². The summed E-state index contributed by atoms with van der Waals surface area (Å²) >= 11 is 12.4. The Morgan fingerprint density at radius 2 is 1.68 bits per heavy atom. The van der Waals surface area contributed by atoms with Gasteiger partial charge < -0.3 is 29.9 Å². The Morgan fingerprint density at radius 1 is 1.07 bits per heavy atom. The zero-order chi connectivity index (χ0) is 30.3. The van der Waals surface area contributed by atoms with Gasteiger partial charge in [-0.2, -0.15) is 0 Å². The largest absolute Gasteiger partial charge is 0.489 e. The Hall–Kier alpha value is -3.34. The molecular formula is C29H34Cl2N2O8. The number of esters is 1. The van der Waals surface area contributed by atoms with Gasteiger partial charge in [-0.25, -0.2) is 9.59 Å². The number of benzene rings is 2. The molecule has 1 heterocycles. The summed E-state index contributed by atoms with van der Waals surface area (Å²) in [7, 11) is 1.18. The van der Waals surface area contributed by atoms with Gasteiger partial charge in [-0.1, -0.05) is 55.2 Å². The lowest BCUT2D eigenvalue weighted by Gasteiger charge is -2.35. The van der Waals surface area contributed by atoms with Crippen molar-refractivity contribution in [3.05, 3.63) is 63.6 Å². The quantitative estimate of drug-likeness (QED) is 0.245. The first-order valence-electron chi connectivity index (χ1n) is 13.2. The highest BCUT2D eigenvalue weighted by Gasteiger charge is 2.51. The standard InChI is InChI=1S/C29H34Cl2N2O8/c1-4-29(5-2,28(39)33-15-18(34)14-24(33)26(37)40-3)27(38)32-23(25(35)36)13-17-9-11-19(12-10-17)41-16-20-21(30)7-6-8-22(20)31/h6-12,18,23-24,34H,4-5,13-16H2,1-3H3,(H,32,38)(H,35,36)/t18-,23+,24-/m1/s1. The number of aliphatic hydroxyl groups excluding tert-OH is 1. The van der Waals surface area contributed by atoms with E-state index in [0.717, 1.165) is 4.90 Å². The molecule has 2 aromatic carbocycles. The third kappa shape index (κ3) is 7.30. The number of aliphatic hydroxyl groups is 1. The zero-order valence-corrected chi connectivity index (χ0v) is 24.6. The first-order chi connectivity index (χ1) is 19.5. The zero-order valence-electron chi connectivity index (χ0n) is 23.1. The van der Waals surface area contributed by atoms with Gasteiger partial charge in [0.05, 0.1) is 13.2 Å². The van der Waals surface area contributed by atoms with E-state index in [4.69, 9.17) is 32.7 Å². The van der Waals surface area contributed by atoms with Crippen LogP contribution in [0.3, 0.4) is 0 Å². The fourth-order valence-electron chi connectivity index (χ4n) is 4.92. The number of aliphatic carboxylic acids is 1. The van der Waals surface area contributed by atoms with E-state index in [1.165, 1.54) is 7.11 Å². The molecule has 3 atom stereocenters. The van der Waals surface area contributed by atoms with Gasteiger partial charge >= 0.3 is 11.9 Å². The lowest BCUT2D eigenvalue weighted by Crippen LogP contribution is -2.57. The minimum absolute atomic E-state index is 0.00751. The maximum absolute atomic E-state index is 13.7. The van der Waals surface area contributed by atoms with Gasteiger partial charge in [-0.15, -0.1) is 0 Å². The molecule has 3 rings (SSSR count). The van der Waals surface area contributed by atoms with E-state index in [9.17, 15) is 29.4 Å². The van der Waals surface area contributed by atoms with Crippen LogP contribution in [-0.4, -0.2) is 70.7 Å². The van der Waals surface area contributed by atoms with Crippen LogP contribution < -0.4 is 10.1 Å². The topological polar surface area (TPSA) is 142 Å². The van der Waals surface area contributed by atoms with Crippen LogP contribution in [-0.2, 0) is 36.9 Å². The second-order valence-corrected chi connectivity index (χ2v) is 10.7. The molecule has 12 heteroatoms. The molecule has 0 bridgehead atoms. The number of ether oxygens (including phenoxy) is 2. The number of carboxylic acid groups (broad SMARTS) is 1. The number of carboxylic acids is 1. The molecule has 1 aliphatic rings. The second-order valence-electron chi connectivity index (χ2n) is 9.88. The van der Waals surface area contributed by atoms with E-state index >= 15 is 0 Å². The second kappa shape index (κ2) is 14.0. The molecule has 0 saturated carbocycles. The number of hydrogen-bond acceptors (Lipinski definition) is 7. The third-order valence-corrected chi connectivity index (χ3v) is 8.18. The molecule has 10 nitrogen and oxygen atoms in total. The van der Waals surface area contributed by atoms with Crippen molar-refractivity contribution in [1.82, 2.24) is 10.2 Å². The van der Waals surface area contributed by atoms with E-state index in [1.807, 2.05) is 0 Å². The van der Waals surface area contributed by atoms with Crippen LogP contribution in [0.4, 0.5) is 0 Å². The summed E-state index contributed by atoms with van der Waals surface area (Å²) in [4.78, 5) is 52.8. The van der Waals surface area contributed by atoms with E-state index in [-0.39, 0.29) is 38.8 Å². The molecule has 0 aliphatic carbocycles. The van der Waals surface area contributed by atoms with Crippen LogP contribution in [0.2, 0.25) is 10.0 Å². The number of β-amino-alcohol motifs (C(OH)–C–C–N with tert-alkyl or cyclic N) is 1. The Bertz CT molecular complexity index is 1250. The maximum Gasteiger partial charge on any atom is 0.328 e. The molecule has 0 aromatic heterocycles. The molecule has 0 radical (unpaired) electrons. The summed E-state index contributed by atoms with van der Waals surface area (Å²) < 4.78 is 10.5. The molecule has 41 heavy (non-hydrogen) atoms. The van der Waals surface area contributed by atoms with E-state index in [1.54, 1.807) is 56.3 Å². The molecule has 2 aromatic rings. The number of rotatable bonds is 12. The summed E-state index contributed by atoms with van der Waals surface area (Å²) in [6.45, 7) is 3.30. The fraction of sp³-hybridized carbons (Fsp3) is 0.448. The Labute approximate surface area is 248 Å². The third-order valence-electron chi connectivity index (χ3n) is 7.48. The highest BCUT2D eigenvalue weighted by Crippen LogP contribution is 2.34. The van der Waals surface area contributed by atoms with Crippen LogP contribution in [0.25, 0.3) is 0 Å². The van der Waals surface area contributed by atoms with Gasteiger partial charge in [0.2, 0.25) is 11.8 Å². The average molecular weight is 610 g/mol. The van der Waals surface area contributed by atoms with E-state index in [0.29, 0.717) is 26.9 Å². The molecular weight excluding hydrogens is 575 g/mol. The summed E-state index contributed by atoms with van der Waals surface area (Å²) in [5.74, 6) is -2.88.